The topological polar surface area (TPSA) is 78.5 Å². The van der Waals surface area contributed by atoms with E-state index in [4.69, 9.17) is 9.78 Å². The van der Waals surface area contributed by atoms with E-state index in [1.807, 2.05) is 6.07 Å². The van der Waals surface area contributed by atoms with E-state index in [0.717, 1.165) is 30.7 Å². The lowest BCUT2D eigenvalue weighted by molar-refractivity contribution is 0.421. The SMILES string of the molecule is CCCCc1noc(-c2c[nH]c(C#N)c2)n1. The number of aromatic amines is 1. The quantitative estimate of drug-likeness (QED) is 0.850. The summed E-state index contributed by atoms with van der Waals surface area (Å²) in [6, 6.07) is 3.70. The fraction of sp³-hybridized carbons (Fsp3) is 0.364. The molecule has 0 fully saturated rings. The van der Waals surface area contributed by atoms with Crippen molar-refractivity contribution in [2.75, 3.05) is 0 Å². The van der Waals surface area contributed by atoms with Crippen molar-refractivity contribution in [3.05, 3.63) is 23.8 Å². The van der Waals surface area contributed by atoms with E-state index in [1.165, 1.54) is 0 Å². The van der Waals surface area contributed by atoms with Gasteiger partial charge in [0.15, 0.2) is 5.82 Å². The molecule has 2 rings (SSSR count). The van der Waals surface area contributed by atoms with E-state index in [1.54, 1.807) is 12.3 Å². The number of H-pyrrole nitrogens is 1. The van der Waals surface area contributed by atoms with Crippen LogP contribution in [0.15, 0.2) is 16.8 Å². The van der Waals surface area contributed by atoms with Gasteiger partial charge in [-0.05, 0) is 12.5 Å². The largest absolute Gasteiger partial charge is 0.352 e. The van der Waals surface area contributed by atoms with Crippen LogP contribution in [0.25, 0.3) is 11.5 Å². The van der Waals surface area contributed by atoms with Crippen LogP contribution in [0.5, 0.6) is 0 Å². The summed E-state index contributed by atoms with van der Waals surface area (Å²) in [5.41, 5.74) is 1.25. The maximum atomic E-state index is 8.67. The van der Waals surface area contributed by atoms with E-state index >= 15 is 0 Å². The maximum Gasteiger partial charge on any atom is 0.259 e. The van der Waals surface area contributed by atoms with Gasteiger partial charge in [-0.15, -0.1) is 0 Å². The Kier molecular flexibility index (Phi) is 3.01. The van der Waals surface area contributed by atoms with Gasteiger partial charge in [0.2, 0.25) is 0 Å². The molecule has 0 saturated carbocycles. The second-order valence-corrected chi connectivity index (χ2v) is 3.53. The number of aryl methyl sites for hydroxylation is 1. The van der Waals surface area contributed by atoms with Crippen LogP contribution in [-0.4, -0.2) is 15.1 Å². The second-order valence-electron chi connectivity index (χ2n) is 3.53. The van der Waals surface area contributed by atoms with Gasteiger partial charge >= 0.3 is 0 Å². The highest BCUT2D eigenvalue weighted by atomic mass is 16.5. The van der Waals surface area contributed by atoms with Crippen molar-refractivity contribution in [3.63, 3.8) is 0 Å². The minimum absolute atomic E-state index is 0.462. The number of hydrogen-bond donors (Lipinski definition) is 1. The van der Waals surface area contributed by atoms with Gasteiger partial charge in [0.25, 0.3) is 5.89 Å². The molecule has 5 nitrogen and oxygen atoms in total. The molecule has 0 spiro atoms. The Bertz CT molecular complexity index is 506. The molecule has 0 radical (unpaired) electrons. The van der Waals surface area contributed by atoms with Crippen LogP contribution in [0.2, 0.25) is 0 Å². The molecule has 0 bridgehead atoms. The van der Waals surface area contributed by atoms with E-state index in [-0.39, 0.29) is 0 Å². The Morgan fingerprint density at radius 3 is 3.12 bits per heavy atom. The molecular weight excluding hydrogens is 204 g/mol. The van der Waals surface area contributed by atoms with Crippen molar-refractivity contribution >= 4 is 0 Å². The third-order valence-electron chi connectivity index (χ3n) is 2.27. The summed E-state index contributed by atoms with van der Waals surface area (Å²) < 4.78 is 5.12. The van der Waals surface area contributed by atoms with Crippen LogP contribution in [-0.2, 0) is 6.42 Å². The molecule has 0 saturated heterocycles. The molecule has 0 aliphatic rings. The summed E-state index contributed by atoms with van der Waals surface area (Å²) in [5, 5.41) is 12.6. The molecule has 0 atom stereocenters. The van der Waals surface area contributed by atoms with Gasteiger partial charge in [-0.2, -0.15) is 10.2 Å². The molecule has 0 unspecified atom stereocenters. The smallest absolute Gasteiger partial charge is 0.259 e. The molecule has 0 aromatic carbocycles. The fourth-order valence-electron chi connectivity index (χ4n) is 1.39. The molecule has 5 heteroatoms. The average Bonchev–Trinajstić information content (AvgIpc) is 2.94. The first kappa shape index (κ1) is 10.4. The zero-order valence-corrected chi connectivity index (χ0v) is 9.03. The Labute approximate surface area is 93.1 Å². The highest BCUT2D eigenvalue weighted by Crippen LogP contribution is 2.18. The molecule has 16 heavy (non-hydrogen) atoms. The molecule has 0 aliphatic carbocycles. The van der Waals surface area contributed by atoms with Gasteiger partial charge in [-0.3, -0.25) is 0 Å². The number of nitrogens with zero attached hydrogens (tertiary/aromatic N) is 3. The van der Waals surface area contributed by atoms with Gasteiger partial charge in [-0.1, -0.05) is 18.5 Å². The number of nitriles is 1. The predicted molar refractivity (Wildman–Crippen MR) is 57.4 cm³/mol. The maximum absolute atomic E-state index is 8.67. The second kappa shape index (κ2) is 4.62. The van der Waals surface area contributed by atoms with E-state index < -0.39 is 0 Å². The Morgan fingerprint density at radius 2 is 2.44 bits per heavy atom. The first-order valence-electron chi connectivity index (χ1n) is 5.25. The van der Waals surface area contributed by atoms with Crippen molar-refractivity contribution in [1.82, 2.24) is 15.1 Å². The van der Waals surface area contributed by atoms with Crippen molar-refractivity contribution in [2.24, 2.45) is 0 Å². The summed E-state index contributed by atoms with van der Waals surface area (Å²) in [6.07, 6.45) is 4.67. The highest BCUT2D eigenvalue weighted by Gasteiger charge is 2.10. The lowest BCUT2D eigenvalue weighted by Crippen LogP contribution is -1.86. The Balaban J connectivity index is 2.15. The highest BCUT2D eigenvalue weighted by molar-refractivity contribution is 5.54. The van der Waals surface area contributed by atoms with Crippen LogP contribution >= 0.6 is 0 Å². The zero-order valence-electron chi connectivity index (χ0n) is 9.03. The Morgan fingerprint density at radius 1 is 1.56 bits per heavy atom. The van der Waals surface area contributed by atoms with Crippen LogP contribution in [0.1, 0.15) is 31.3 Å². The van der Waals surface area contributed by atoms with Gasteiger partial charge < -0.3 is 9.51 Å². The molecule has 2 heterocycles. The van der Waals surface area contributed by atoms with E-state index in [2.05, 4.69) is 22.0 Å². The first-order valence-corrected chi connectivity index (χ1v) is 5.25. The van der Waals surface area contributed by atoms with Crippen LogP contribution in [0, 0.1) is 11.3 Å². The predicted octanol–water partition coefficient (Wildman–Crippen LogP) is 2.28. The van der Waals surface area contributed by atoms with Crippen molar-refractivity contribution in [3.8, 4) is 17.5 Å². The summed E-state index contributed by atoms with van der Waals surface area (Å²) in [5.74, 6) is 1.18. The molecule has 2 aromatic heterocycles. The lowest BCUT2D eigenvalue weighted by atomic mass is 10.2. The van der Waals surface area contributed by atoms with Crippen molar-refractivity contribution < 1.29 is 4.52 Å². The molecule has 1 N–H and O–H groups in total. The zero-order chi connectivity index (χ0) is 11.4. The molecule has 82 valence electrons. The van der Waals surface area contributed by atoms with Crippen LogP contribution in [0.4, 0.5) is 0 Å². The summed E-state index contributed by atoms with van der Waals surface area (Å²) in [6.45, 7) is 2.12. The van der Waals surface area contributed by atoms with Crippen LogP contribution < -0.4 is 0 Å². The summed E-state index contributed by atoms with van der Waals surface area (Å²) >= 11 is 0. The van der Waals surface area contributed by atoms with Crippen molar-refractivity contribution in [2.45, 2.75) is 26.2 Å². The molecule has 0 aliphatic heterocycles. The minimum Gasteiger partial charge on any atom is -0.352 e. The standard InChI is InChI=1S/C11H12N4O/c1-2-3-4-10-14-11(16-15-10)8-5-9(6-12)13-7-8/h5,7,13H,2-4H2,1H3. The fourth-order valence-corrected chi connectivity index (χ4v) is 1.39. The number of aromatic nitrogens is 3. The summed E-state index contributed by atoms with van der Waals surface area (Å²) in [4.78, 5) is 7.08. The van der Waals surface area contributed by atoms with Gasteiger partial charge in [0.05, 0.1) is 5.56 Å². The van der Waals surface area contributed by atoms with Gasteiger partial charge in [-0.25, -0.2) is 0 Å². The Hall–Kier alpha value is -2.09. The third-order valence-corrected chi connectivity index (χ3v) is 2.27. The third kappa shape index (κ3) is 2.11. The number of unbranched alkanes of at least 4 members (excludes halogenated alkanes) is 1. The summed E-state index contributed by atoms with van der Waals surface area (Å²) in [7, 11) is 0. The minimum atomic E-state index is 0.462. The van der Waals surface area contributed by atoms with Gasteiger partial charge in [0.1, 0.15) is 11.8 Å². The van der Waals surface area contributed by atoms with Gasteiger partial charge in [0, 0.05) is 12.6 Å². The number of hydrogen-bond acceptors (Lipinski definition) is 4. The van der Waals surface area contributed by atoms with E-state index in [9.17, 15) is 0 Å². The first-order chi connectivity index (χ1) is 7.83. The molecule has 0 amide bonds. The van der Waals surface area contributed by atoms with Crippen LogP contribution in [0.3, 0.4) is 0 Å². The number of nitrogens with one attached hydrogen (secondary N) is 1. The molecular formula is C11H12N4O. The van der Waals surface area contributed by atoms with E-state index in [0.29, 0.717) is 11.6 Å². The number of rotatable bonds is 4. The average molecular weight is 216 g/mol. The monoisotopic (exact) mass is 216 g/mol. The van der Waals surface area contributed by atoms with Crippen molar-refractivity contribution in [1.29, 1.82) is 5.26 Å². The lowest BCUT2D eigenvalue weighted by Gasteiger charge is -1.87. The normalized spacial score (nSPS) is 10.2. The molecule has 2 aromatic rings.